The number of nitrogen functional groups attached to an aromatic ring is 1. The van der Waals surface area contributed by atoms with E-state index < -0.39 is 77.6 Å². The molecule has 0 aliphatic carbocycles. The van der Waals surface area contributed by atoms with E-state index in [0.29, 0.717) is 0 Å². The molecule has 260 valence electrons. The molecule has 26 nitrogen and oxygen atoms in total. The molecule has 2 unspecified atom stereocenters. The molecule has 1 aliphatic heterocycles. The molecule has 0 saturated carbocycles. The summed E-state index contributed by atoms with van der Waals surface area (Å²) in [6, 6.07) is 3.50. The van der Waals surface area contributed by atoms with E-state index in [1.54, 1.807) is 0 Å². The maximum absolute atomic E-state index is 12.8. The molecule has 2 aromatic heterocycles. The average Bonchev–Trinajstić information content (AvgIpc) is 3.52. The second kappa shape index (κ2) is 14.6. The summed E-state index contributed by atoms with van der Waals surface area (Å²) in [5, 5.41) is 28.5. The lowest BCUT2D eigenvalue weighted by Crippen LogP contribution is -2.38. The van der Waals surface area contributed by atoms with Gasteiger partial charge in [0.05, 0.1) is 24.3 Å². The van der Waals surface area contributed by atoms with Gasteiger partial charge in [-0.05, 0) is 11.6 Å². The molecule has 0 spiro atoms. The number of phosphoric ester groups is 1. The lowest BCUT2D eigenvalue weighted by Gasteiger charge is -2.22. The molecular weight excluding hydrogens is 717 g/mol. The van der Waals surface area contributed by atoms with Crippen molar-refractivity contribution in [1.29, 1.82) is 0 Å². The van der Waals surface area contributed by atoms with E-state index in [0.717, 1.165) is 23.3 Å². The highest BCUT2D eigenvalue weighted by Crippen LogP contribution is 2.66. The number of aromatic nitrogens is 4. The van der Waals surface area contributed by atoms with E-state index >= 15 is 0 Å². The second-order valence-corrected chi connectivity index (χ2v) is 13.7. The highest BCUT2D eigenvalue weighted by molar-refractivity contribution is 7.66. The number of nitro groups is 1. The number of azide groups is 1. The molecule has 1 aromatic carbocycles. The van der Waals surface area contributed by atoms with Crippen LogP contribution in [0.3, 0.4) is 0 Å². The third-order valence-electron chi connectivity index (χ3n) is 6.04. The summed E-state index contributed by atoms with van der Waals surface area (Å²) in [6.45, 7) is -1.37. The number of hydrogen-bond acceptors (Lipinski definition) is 18. The van der Waals surface area contributed by atoms with E-state index in [1.165, 1.54) is 12.1 Å². The number of nitrogens with two attached hydrogens (primary N) is 1. The van der Waals surface area contributed by atoms with Gasteiger partial charge in [0.15, 0.2) is 23.8 Å². The fourth-order valence-corrected chi connectivity index (χ4v) is 7.23. The van der Waals surface area contributed by atoms with Crippen molar-refractivity contribution in [3.63, 3.8) is 0 Å². The Kier molecular flexibility index (Phi) is 11.1. The van der Waals surface area contributed by atoms with Crippen molar-refractivity contribution in [1.82, 2.24) is 19.5 Å². The standard InChI is InChI=1S/C19H23N10O16P3/c20-17-14-18(24-7-23-17)28(8-25-14)19-15(31)16(12(42-19)6-41-47(37,38)45-48(39,40)44-46(34,35)36)43-13(30)3-4-22-10-2-1-9(26-27-21)5-11(10)29(32)33/h1-2,5,7-8,12,15-16,19,22,31H,3-4,6H2,(H,37,38)(H,39,40)(H2,20,23,24)(H2,34,35,36)/t12-,15-,16-,19-/m1/s1. The molecule has 0 amide bonds. The molecule has 1 saturated heterocycles. The van der Waals surface area contributed by atoms with Crippen molar-refractivity contribution in [2.45, 2.75) is 31.0 Å². The van der Waals surface area contributed by atoms with Crippen LogP contribution in [0.4, 0.5) is 22.9 Å². The van der Waals surface area contributed by atoms with Crippen molar-refractivity contribution in [3.05, 3.63) is 51.4 Å². The monoisotopic (exact) mass is 740 g/mol. The van der Waals surface area contributed by atoms with E-state index in [1.807, 2.05) is 0 Å². The van der Waals surface area contributed by atoms with Gasteiger partial charge in [0.2, 0.25) is 0 Å². The number of rotatable bonds is 15. The molecule has 8 N–H and O–H groups in total. The number of imidazole rings is 1. The number of carbonyl (C=O) groups excluding carboxylic acids is 1. The van der Waals surface area contributed by atoms with E-state index in [4.69, 9.17) is 30.5 Å². The van der Waals surface area contributed by atoms with Gasteiger partial charge in [-0.25, -0.2) is 28.6 Å². The molecule has 48 heavy (non-hydrogen) atoms. The molecule has 0 radical (unpaired) electrons. The first-order chi connectivity index (χ1) is 22.4. The molecular formula is C19H23N10O16P3. The van der Waals surface area contributed by atoms with Crippen molar-refractivity contribution < 1.29 is 70.7 Å². The summed E-state index contributed by atoms with van der Waals surface area (Å²) in [4.78, 5) is 74.5. The van der Waals surface area contributed by atoms with E-state index in [-0.39, 0.29) is 34.9 Å². The van der Waals surface area contributed by atoms with Crippen molar-refractivity contribution in [2.75, 3.05) is 24.2 Å². The maximum Gasteiger partial charge on any atom is 0.490 e. The number of anilines is 2. The molecule has 4 rings (SSSR count). The van der Waals surface area contributed by atoms with Crippen LogP contribution in [0.15, 0.2) is 36.0 Å². The summed E-state index contributed by atoms with van der Waals surface area (Å²) in [6.07, 6.45) is -4.88. The Morgan fingerprint density at radius 1 is 1.19 bits per heavy atom. The van der Waals surface area contributed by atoms with Gasteiger partial charge in [0.25, 0.3) is 5.69 Å². The Labute approximate surface area is 265 Å². The minimum absolute atomic E-state index is 0.0408. The summed E-state index contributed by atoms with van der Waals surface area (Å²) in [7, 11) is -17.2. The number of nitro benzene ring substituents is 1. The van der Waals surface area contributed by atoms with Crippen LogP contribution in [0.25, 0.3) is 21.6 Å². The summed E-state index contributed by atoms with van der Waals surface area (Å²) >= 11 is 0. The number of nitrogens with one attached hydrogen (secondary N) is 1. The van der Waals surface area contributed by atoms with E-state index in [2.05, 4.69) is 43.4 Å². The molecule has 29 heteroatoms. The van der Waals surface area contributed by atoms with Crippen LogP contribution in [-0.2, 0) is 41.1 Å². The zero-order chi connectivity index (χ0) is 35.4. The number of aliphatic hydroxyl groups excluding tert-OH is 1. The van der Waals surface area contributed by atoms with Crippen LogP contribution in [0, 0.1) is 10.1 Å². The number of carbonyl (C=O) groups is 1. The number of phosphoric acid groups is 3. The molecule has 1 aliphatic rings. The third-order valence-corrected chi connectivity index (χ3v) is 9.84. The van der Waals surface area contributed by atoms with Crippen molar-refractivity contribution >= 4 is 63.5 Å². The highest BCUT2D eigenvalue weighted by Gasteiger charge is 2.49. The van der Waals surface area contributed by atoms with Gasteiger partial charge in [0.1, 0.15) is 29.7 Å². The van der Waals surface area contributed by atoms with Crippen LogP contribution in [0.5, 0.6) is 0 Å². The minimum atomic E-state index is -5.87. The average molecular weight is 740 g/mol. The number of nitrogens with zero attached hydrogens (tertiary/aromatic N) is 8. The van der Waals surface area contributed by atoms with Gasteiger partial charge in [-0.3, -0.25) is 24.0 Å². The first-order valence-electron chi connectivity index (χ1n) is 12.7. The fourth-order valence-electron chi connectivity index (χ4n) is 4.20. The first kappa shape index (κ1) is 36.7. The van der Waals surface area contributed by atoms with Gasteiger partial charge in [-0.2, -0.15) is 8.62 Å². The lowest BCUT2D eigenvalue weighted by molar-refractivity contribution is -0.383. The van der Waals surface area contributed by atoms with Gasteiger partial charge in [0, 0.05) is 23.2 Å². The fraction of sp³-hybridized carbons (Fsp3) is 0.368. The Balaban J connectivity index is 1.50. The van der Waals surface area contributed by atoms with Gasteiger partial charge < -0.3 is 45.2 Å². The van der Waals surface area contributed by atoms with Gasteiger partial charge >= 0.3 is 29.4 Å². The number of aliphatic hydroxyl groups is 1. The van der Waals surface area contributed by atoms with Crippen LogP contribution in [0.1, 0.15) is 12.6 Å². The number of hydrogen-bond donors (Lipinski definition) is 7. The third kappa shape index (κ3) is 9.27. The number of esters is 1. The van der Waals surface area contributed by atoms with Crippen LogP contribution in [-0.4, -0.2) is 86.6 Å². The van der Waals surface area contributed by atoms with E-state index in [9.17, 15) is 43.5 Å². The predicted molar refractivity (Wildman–Crippen MR) is 154 cm³/mol. The Hall–Kier alpha value is -4.12. The summed E-state index contributed by atoms with van der Waals surface area (Å²) in [5.74, 6) is -1.08. The smallest absolute Gasteiger partial charge is 0.456 e. The Bertz CT molecular complexity index is 1900. The van der Waals surface area contributed by atoms with Gasteiger partial charge in [-0.1, -0.05) is 11.2 Å². The zero-order valence-corrected chi connectivity index (χ0v) is 26.2. The molecule has 3 heterocycles. The topological polar surface area (TPSA) is 389 Å². The SMILES string of the molecule is [N-]=[N+]=Nc1ccc(NCCC(=O)O[C@H]2[C@@H](O)[C@H](n3cnc4c(N)ncnc43)O[C@@H]2COP(=O)(O)OP(=O)(O)OP(=O)(O)O)c([N+](=O)[O-])c1. The second-order valence-electron chi connectivity index (χ2n) is 9.30. The number of fused-ring (bicyclic) bond motifs is 1. The molecule has 0 bridgehead atoms. The predicted octanol–water partition coefficient (Wildman–Crippen LogP) is 1.27. The maximum atomic E-state index is 12.8. The largest absolute Gasteiger partial charge is 0.490 e. The van der Waals surface area contributed by atoms with Crippen LogP contribution in [0.2, 0.25) is 0 Å². The van der Waals surface area contributed by atoms with Gasteiger partial charge in [-0.15, -0.1) is 0 Å². The van der Waals surface area contributed by atoms with Crippen LogP contribution >= 0.6 is 23.5 Å². The quantitative estimate of drug-likeness (QED) is 0.0219. The summed E-state index contributed by atoms with van der Waals surface area (Å²) in [5.41, 5.74) is 13.9. The Morgan fingerprint density at radius 2 is 1.92 bits per heavy atom. The minimum Gasteiger partial charge on any atom is -0.456 e. The lowest BCUT2D eigenvalue weighted by atomic mass is 10.1. The number of ether oxygens (including phenoxy) is 2. The normalized spacial score (nSPS) is 21.9. The zero-order valence-electron chi connectivity index (χ0n) is 23.5. The van der Waals surface area contributed by atoms with Crippen molar-refractivity contribution in [2.24, 2.45) is 5.11 Å². The number of benzene rings is 1. The molecule has 1 fully saturated rings. The molecule has 3 aromatic rings. The summed E-state index contributed by atoms with van der Waals surface area (Å²) < 4.78 is 59.0. The van der Waals surface area contributed by atoms with Crippen LogP contribution < -0.4 is 11.1 Å². The molecule has 6 atom stereocenters. The first-order valence-corrected chi connectivity index (χ1v) is 17.2. The van der Waals surface area contributed by atoms with Crippen molar-refractivity contribution in [3.8, 4) is 0 Å². The Morgan fingerprint density at radius 3 is 2.58 bits per heavy atom. The highest BCUT2D eigenvalue weighted by atomic mass is 31.3.